The van der Waals surface area contributed by atoms with Crippen LogP contribution in [-0.2, 0) is 16.1 Å². The van der Waals surface area contributed by atoms with Crippen LogP contribution in [0.4, 0.5) is 11.4 Å². The standard InChI is InChI=1S/C17H20N2O2/c1-12(2)14-6-8-16(9-7-14)19-21-17(20)11-13-4-3-5-15(18)10-13/h3-10,12,19H,11,18H2,1-2H3. The van der Waals surface area contributed by atoms with Crippen molar-refractivity contribution in [2.24, 2.45) is 0 Å². The minimum Gasteiger partial charge on any atom is -0.399 e. The maximum atomic E-state index is 11.7. The summed E-state index contributed by atoms with van der Waals surface area (Å²) in [4.78, 5) is 16.8. The quantitative estimate of drug-likeness (QED) is 0.651. The summed E-state index contributed by atoms with van der Waals surface area (Å²) in [6, 6.07) is 15.0. The molecule has 110 valence electrons. The number of nitrogen functional groups attached to an aromatic ring is 1. The van der Waals surface area contributed by atoms with Crippen molar-refractivity contribution in [1.29, 1.82) is 0 Å². The van der Waals surface area contributed by atoms with Crippen molar-refractivity contribution in [3.8, 4) is 0 Å². The molecule has 0 saturated heterocycles. The van der Waals surface area contributed by atoms with Crippen molar-refractivity contribution in [3.63, 3.8) is 0 Å². The molecule has 0 spiro atoms. The SMILES string of the molecule is CC(C)c1ccc(NOC(=O)Cc2cccc(N)c2)cc1. The summed E-state index contributed by atoms with van der Waals surface area (Å²) in [5.41, 5.74) is 11.8. The third kappa shape index (κ3) is 4.53. The fourth-order valence-electron chi connectivity index (χ4n) is 1.96. The van der Waals surface area contributed by atoms with Crippen LogP contribution in [-0.4, -0.2) is 5.97 Å². The number of hydrogen-bond donors (Lipinski definition) is 2. The van der Waals surface area contributed by atoms with Crippen LogP contribution in [0.25, 0.3) is 0 Å². The van der Waals surface area contributed by atoms with E-state index >= 15 is 0 Å². The van der Waals surface area contributed by atoms with Crippen LogP contribution < -0.4 is 11.2 Å². The van der Waals surface area contributed by atoms with Crippen LogP contribution in [0.3, 0.4) is 0 Å². The van der Waals surface area contributed by atoms with Gasteiger partial charge in [-0.3, -0.25) is 0 Å². The van der Waals surface area contributed by atoms with Gasteiger partial charge in [0.1, 0.15) is 0 Å². The van der Waals surface area contributed by atoms with E-state index in [2.05, 4.69) is 19.3 Å². The molecule has 2 aromatic rings. The zero-order chi connectivity index (χ0) is 15.2. The molecule has 0 fully saturated rings. The van der Waals surface area contributed by atoms with E-state index in [1.807, 2.05) is 36.4 Å². The Morgan fingerprint density at radius 3 is 2.52 bits per heavy atom. The summed E-state index contributed by atoms with van der Waals surface area (Å²) in [7, 11) is 0. The van der Waals surface area contributed by atoms with Gasteiger partial charge < -0.3 is 10.6 Å². The molecular weight excluding hydrogens is 264 g/mol. The number of anilines is 2. The molecule has 0 radical (unpaired) electrons. The molecule has 4 heteroatoms. The van der Waals surface area contributed by atoms with E-state index in [9.17, 15) is 4.79 Å². The Morgan fingerprint density at radius 1 is 1.19 bits per heavy atom. The van der Waals surface area contributed by atoms with Crippen LogP contribution in [0, 0.1) is 0 Å². The number of nitrogens with two attached hydrogens (primary N) is 1. The first-order valence-electron chi connectivity index (χ1n) is 6.94. The summed E-state index contributed by atoms with van der Waals surface area (Å²) < 4.78 is 0. The molecule has 3 N–H and O–H groups in total. The number of benzene rings is 2. The lowest BCUT2D eigenvalue weighted by atomic mass is 10.0. The first kappa shape index (κ1) is 14.9. The van der Waals surface area contributed by atoms with Gasteiger partial charge in [-0.2, -0.15) is 0 Å². The van der Waals surface area contributed by atoms with Gasteiger partial charge in [-0.15, -0.1) is 0 Å². The molecule has 0 aliphatic heterocycles. The number of carbonyl (C=O) groups is 1. The van der Waals surface area contributed by atoms with Crippen LogP contribution in [0.2, 0.25) is 0 Å². The Morgan fingerprint density at radius 2 is 1.90 bits per heavy atom. The topological polar surface area (TPSA) is 64.3 Å². The van der Waals surface area contributed by atoms with Gasteiger partial charge >= 0.3 is 5.97 Å². The molecule has 0 unspecified atom stereocenters. The lowest BCUT2D eigenvalue weighted by Crippen LogP contribution is -2.13. The van der Waals surface area contributed by atoms with Gasteiger partial charge in [-0.05, 0) is 41.3 Å². The predicted molar refractivity (Wildman–Crippen MR) is 84.8 cm³/mol. The fourth-order valence-corrected chi connectivity index (χ4v) is 1.96. The summed E-state index contributed by atoms with van der Waals surface area (Å²) >= 11 is 0. The fraction of sp³-hybridized carbons (Fsp3) is 0.235. The number of hydrogen-bond acceptors (Lipinski definition) is 4. The maximum absolute atomic E-state index is 11.7. The maximum Gasteiger partial charge on any atom is 0.336 e. The van der Waals surface area contributed by atoms with E-state index in [0.717, 1.165) is 11.3 Å². The normalized spacial score (nSPS) is 10.4. The van der Waals surface area contributed by atoms with Gasteiger partial charge in [0, 0.05) is 5.69 Å². The minimum absolute atomic E-state index is 0.183. The van der Waals surface area contributed by atoms with Crippen LogP contribution in [0.15, 0.2) is 48.5 Å². The van der Waals surface area contributed by atoms with Gasteiger partial charge in [-0.25, -0.2) is 10.3 Å². The molecule has 0 amide bonds. The number of carbonyl (C=O) groups excluding carboxylic acids is 1. The monoisotopic (exact) mass is 284 g/mol. The lowest BCUT2D eigenvalue weighted by Gasteiger charge is -2.09. The van der Waals surface area contributed by atoms with Crippen molar-refractivity contribution in [3.05, 3.63) is 59.7 Å². The second-order valence-corrected chi connectivity index (χ2v) is 5.27. The van der Waals surface area contributed by atoms with Gasteiger partial charge in [0.25, 0.3) is 0 Å². The zero-order valence-corrected chi connectivity index (χ0v) is 12.3. The lowest BCUT2D eigenvalue weighted by molar-refractivity contribution is -0.139. The largest absolute Gasteiger partial charge is 0.399 e. The van der Waals surface area contributed by atoms with Gasteiger partial charge in [0.15, 0.2) is 0 Å². The van der Waals surface area contributed by atoms with Crippen LogP contribution in [0.5, 0.6) is 0 Å². The molecule has 0 heterocycles. The first-order chi connectivity index (χ1) is 10.0. The van der Waals surface area contributed by atoms with E-state index in [1.165, 1.54) is 5.56 Å². The van der Waals surface area contributed by atoms with Crippen molar-refractivity contribution in [1.82, 2.24) is 0 Å². The summed E-state index contributed by atoms with van der Waals surface area (Å²) in [5, 5.41) is 0. The Kier molecular flexibility index (Phi) is 4.82. The average molecular weight is 284 g/mol. The highest BCUT2D eigenvalue weighted by Crippen LogP contribution is 2.17. The van der Waals surface area contributed by atoms with Crippen molar-refractivity contribution in [2.75, 3.05) is 11.2 Å². The van der Waals surface area contributed by atoms with Crippen LogP contribution in [0.1, 0.15) is 30.9 Å². The molecule has 4 nitrogen and oxygen atoms in total. The average Bonchev–Trinajstić information content (AvgIpc) is 2.45. The van der Waals surface area contributed by atoms with Crippen LogP contribution >= 0.6 is 0 Å². The molecule has 0 aromatic heterocycles. The molecule has 21 heavy (non-hydrogen) atoms. The highest BCUT2D eigenvalue weighted by Gasteiger charge is 2.06. The minimum atomic E-state index is -0.353. The third-order valence-corrected chi connectivity index (χ3v) is 3.16. The second-order valence-electron chi connectivity index (χ2n) is 5.27. The Balaban J connectivity index is 1.86. The van der Waals surface area contributed by atoms with E-state index in [1.54, 1.807) is 12.1 Å². The van der Waals surface area contributed by atoms with Gasteiger partial charge in [-0.1, -0.05) is 38.1 Å². The molecule has 0 bridgehead atoms. The first-order valence-corrected chi connectivity index (χ1v) is 6.94. The molecule has 2 rings (SSSR count). The van der Waals surface area contributed by atoms with E-state index in [0.29, 0.717) is 11.6 Å². The molecule has 2 aromatic carbocycles. The highest BCUT2D eigenvalue weighted by molar-refractivity contribution is 5.73. The number of nitrogens with one attached hydrogen (secondary N) is 1. The molecule has 0 saturated carbocycles. The molecule has 0 aliphatic carbocycles. The summed E-state index contributed by atoms with van der Waals surface area (Å²) in [6.45, 7) is 4.27. The second kappa shape index (κ2) is 6.79. The van der Waals surface area contributed by atoms with Crippen molar-refractivity contribution >= 4 is 17.3 Å². The molecule has 0 aliphatic rings. The Hall–Kier alpha value is -2.49. The predicted octanol–water partition coefficient (Wildman–Crippen LogP) is 3.51. The van der Waals surface area contributed by atoms with Gasteiger partial charge in [0.2, 0.25) is 0 Å². The highest BCUT2D eigenvalue weighted by atomic mass is 16.7. The summed E-state index contributed by atoms with van der Waals surface area (Å²) in [6.07, 6.45) is 0.183. The Bertz CT molecular complexity index is 606. The van der Waals surface area contributed by atoms with E-state index in [-0.39, 0.29) is 12.4 Å². The summed E-state index contributed by atoms with van der Waals surface area (Å²) in [5.74, 6) is 0.124. The smallest absolute Gasteiger partial charge is 0.336 e. The Labute approximate surface area is 124 Å². The van der Waals surface area contributed by atoms with E-state index in [4.69, 9.17) is 10.6 Å². The number of rotatable bonds is 5. The van der Waals surface area contributed by atoms with Gasteiger partial charge in [0.05, 0.1) is 12.1 Å². The van der Waals surface area contributed by atoms with Crippen molar-refractivity contribution in [2.45, 2.75) is 26.2 Å². The van der Waals surface area contributed by atoms with E-state index < -0.39 is 0 Å². The molecule has 0 atom stereocenters. The zero-order valence-electron chi connectivity index (χ0n) is 12.3. The molecular formula is C17H20N2O2. The van der Waals surface area contributed by atoms with Crippen molar-refractivity contribution < 1.29 is 9.63 Å². The third-order valence-electron chi connectivity index (χ3n) is 3.16.